The van der Waals surface area contributed by atoms with Crippen LogP contribution >= 0.6 is 0 Å². The highest BCUT2D eigenvalue weighted by Gasteiger charge is 2.26. The molecule has 1 saturated carbocycles. The maximum absolute atomic E-state index is 12.2. The molecule has 1 saturated heterocycles. The molecule has 0 aromatic carbocycles. The number of hydrogen-bond donors (Lipinski definition) is 1. The Morgan fingerprint density at radius 1 is 1.40 bits per heavy atom. The molecule has 5 nitrogen and oxygen atoms in total. The van der Waals surface area contributed by atoms with Crippen molar-refractivity contribution in [1.82, 2.24) is 15.4 Å². The van der Waals surface area contributed by atoms with Gasteiger partial charge in [-0.25, -0.2) is 0 Å². The fraction of sp³-hybridized carbons (Fsp3) is 0.733. The van der Waals surface area contributed by atoms with Crippen molar-refractivity contribution < 1.29 is 9.32 Å². The average molecular weight is 277 g/mol. The van der Waals surface area contributed by atoms with E-state index in [1.54, 1.807) is 0 Å². The first-order valence-electron chi connectivity index (χ1n) is 7.64. The summed E-state index contributed by atoms with van der Waals surface area (Å²) in [7, 11) is 0. The highest BCUT2D eigenvalue weighted by atomic mass is 16.5. The van der Waals surface area contributed by atoms with Crippen LogP contribution in [-0.4, -0.2) is 41.6 Å². The third-order valence-electron chi connectivity index (χ3n) is 4.25. The minimum absolute atomic E-state index is 0.166. The van der Waals surface area contributed by atoms with Crippen molar-refractivity contribution in [2.24, 2.45) is 5.92 Å². The summed E-state index contributed by atoms with van der Waals surface area (Å²) in [4.78, 5) is 14.1. The van der Waals surface area contributed by atoms with Crippen molar-refractivity contribution in [1.29, 1.82) is 0 Å². The quantitative estimate of drug-likeness (QED) is 0.886. The van der Waals surface area contributed by atoms with Gasteiger partial charge in [-0.15, -0.1) is 0 Å². The molecule has 0 atom stereocenters. The number of carbonyl (C=O) groups excluding carboxylic acids is 1. The van der Waals surface area contributed by atoms with Crippen LogP contribution in [0.5, 0.6) is 0 Å². The van der Waals surface area contributed by atoms with E-state index >= 15 is 0 Å². The predicted molar refractivity (Wildman–Crippen MR) is 75.3 cm³/mol. The number of amides is 1. The summed E-state index contributed by atoms with van der Waals surface area (Å²) in [5.74, 6) is 1.85. The standard InChI is InChI=1S/C15H23N3O2/c1-11-8-14(17-20-11)9-15(19)18-6-4-13(5-7-18)16-10-12-2-3-12/h8,12-13,16H,2-7,9-10H2,1H3. The summed E-state index contributed by atoms with van der Waals surface area (Å²) in [6.07, 6.45) is 5.27. The van der Waals surface area contributed by atoms with Gasteiger partial charge in [0.15, 0.2) is 0 Å². The minimum atomic E-state index is 0.166. The van der Waals surface area contributed by atoms with Gasteiger partial charge in [0, 0.05) is 25.2 Å². The van der Waals surface area contributed by atoms with Crippen molar-refractivity contribution >= 4 is 5.91 Å². The van der Waals surface area contributed by atoms with E-state index in [0.29, 0.717) is 12.5 Å². The second-order valence-corrected chi connectivity index (χ2v) is 6.11. The van der Waals surface area contributed by atoms with Crippen molar-refractivity contribution in [2.45, 2.75) is 45.1 Å². The lowest BCUT2D eigenvalue weighted by molar-refractivity contribution is -0.131. The summed E-state index contributed by atoms with van der Waals surface area (Å²) < 4.78 is 5.00. The largest absolute Gasteiger partial charge is 0.361 e. The molecular formula is C15H23N3O2. The molecular weight excluding hydrogens is 254 g/mol. The normalized spacial score (nSPS) is 20.4. The summed E-state index contributed by atoms with van der Waals surface area (Å²) in [6, 6.07) is 2.43. The molecule has 2 heterocycles. The third kappa shape index (κ3) is 3.60. The SMILES string of the molecule is Cc1cc(CC(=O)N2CCC(NCC3CC3)CC2)no1. The van der Waals surface area contributed by atoms with Crippen LogP contribution in [-0.2, 0) is 11.2 Å². The first kappa shape index (κ1) is 13.6. The van der Waals surface area contributed by atoms with Crippen LogP contribution in [0.4, 0.5) is 0 Å². The molecule has 5 heteroatoms. The summed E-state index contributed by atoms with van der Waals surface area (Å²) >= 11 is 0. The molecule has 2 aliphatic rings. The Morgan fingerprint density at radius 2 is 2.15 bits per heavy atom. The van der Waals surface area contributed by atoms with Crippen LogP contribution < -0.4 is 5.32 Å². The monoisotopic (exact) mass is 277 g/mol. The lowest BCUT2D eigenvalue weighted by Crippen LogP contribution is -2.45. The summed E-state index contributed by atoms with van der Waals surface area (Å²) in [5.41, 5.74) is 0.737. The van der Waals surface area contributed by atoms with Gasteiger partial charge in [0.1, 0.15) is 5.76 Å². The van der Waals surface area contributed by atoms with E-state index in [-0.39, 0.29) is 5.91 Å². The molecule has 2 fully saturated rings. The van der Waals surface area contributed by atoms with Gasteiger partial charge in [0.2, 0.25) is 5.91 Å². The molecule has 1 aromatic heterocycles. The number of aryl methyl sites for hydroxylation is 1. The highest BCUT2D eigenvalue weighted by Crippen LogP contribution is 2.28. The molecule has 0 bridgehead atoms. The predicted octanol–water partition coefficient (Wildman–Crippen LogP) is 1.52. The maximum Gasteiger partial charge on any atom is 0.228 e. The van der Waals surface area contributed by atoms with Crippen LogP contribution in [0.2, 0.25) is 0 Å². The van der Waals surface area contributed by atoms with Crippen LogP contribution in [0.15, 0.2) is 10.6 Å². The Bertz CT molecular complexity index is 459. The third-order valence-corrected chi connectivity index (χ3v) is 4.25. The van der Waals surface area contributed by atoms with Gasteiger partial charge in [-0.05, 0) is 45.1 Å². The average Bonchev–Trinajstić information content (AvgIpc) is 3.20. The molecule has 0 spiro atoms. The number of likely N-dealkylation sites (tertiary alicyclic amines) is 1. The van der Waals surface area contributed by atoms with Crippen LogP contribution in [0, 0.1) is 12.8 Å². The van der Waals surface area contributed by atoms with Crippen molar-refractivity contribution in [2.75, 3.05) is 19.6 Å². The van der Waals surface area contributed by atoms with E-state index in [2.05, 4.69) is 10.5 Å². The number of aromatic nitrogens is 1. The minimum Gasteiger partial charge on any atom is -0.361 e. The van der Waals surface area contributed by atoms with Crippen LogP contribution in [0.3, 0.4) is 0 Å². The number of carbonyl (C=O) groups is 1. The zero-order valence-electron chi connectivity index (χ0n) is 12.1. The van der Waals surface area contributed by atoms with Crippen molar-refractivity contribution in [3.8, 4) is 0 Å². The van der Waals surface area contributed by atoms with Gasteiger partial charge in [-0.1, -0.05) is 5.16 Å². The number of nitrogens with one attached hydrogen (secondary N) is 1. The molecule has 3 rings (SSSR count). The smallest absolute Gasteiger partial charge is 0.228 e. The summed E-state index contributed by atoms with van der Waals surface area (Å²) in [5, 5.41) is 7.52. The Labute approximate surface area is 119 Å². The van der Waals surface area contributed by atoms with E-state index in [1.165, 1.54) is 12.8 Å². The maximum atomic E-state index is 12.2. The molecule has 1 N–H and O–H groups in total. The molecule has 1 aromatic rings. The van der Waals surface area contributed by atoms with Gasteiger partial charge in [-0.2, -0.15) is 0 Å². The van der Waals surface area contributed by atoms with E-state index < -0.39 is 0 Å². The van der Waals surface area contributed by atoms with Crippen LogP contribution in [0.25, 0.3) is 0 Å². The van der Waals surface area contributed by atoms with E-state index in [9.17, 15) is 4.79 Å². The van der Waals surface area contributed by atoms with E-state index in [4.69, 9.17) is 4.52 Å². The second-order valence-electron chi connectivity index (χ2n) is 6.11. The molecule has 20 heavy (non-hydrogen) atoms. The van der Waals surface area contributed by atoms with Crippen molar-refractivity contribution in [3.05, 3.63) is 17.5 Å². The van der Waals surface area contributed by atoms with Gasteiger partial charge in [0.25, 0.3) is 0 Å². The number of piperidine rings is 1. The Kier molecular flexibility index (Phi) is 4.05. The Morgan fingerprint density at radius 3 is 2.75 bits per heavy atom. The molecule has 0 radical (unpaired) electrons. The highest BCUT2D eigenvalue weighted by molar-refractivity contribution is 5.78. The van der Waals surface area contributed by atoms with Gasteiger partial charge in [-0.3, -0.25) is 4.79 Å². The topological polar surface area (TPSA) is 58.4 Å². The van der Waals surface area contributed by atoms with Crippen LogP contribution in [0.1, 0.15) is 37.1 Å². The Balaban J connectivity index is 1.41. The first-order valence-corrected chi connectivity index (χ1v) is 7.64. The lowest BCUT2D eigenvalue weighted by atomic mass is 10.0. The van der Waals surface area contributed by atoms with Gasteiger partial charge >= 0.3 is 0 Å². The fourth-order valence-corrected chi connectivity index (χ4v) is 2.76. The number of rotatable bonds is 5. The number of hydrogen-bond acceptors (Lipinski definition) is 4. The molecule has 1 amide bonds. The van der Waals surface area contributed by atoms with E-state index in [0.717, 1.165) is 49.8 Å². The molecule has 0 unspecified atom stereocenters. The second kappa shape index (κ2) is 5.95. The summed E-state index contributed by atoms with van der Waals surface area (Å²) in [6.45, 7) is 4.73. The molecule has 1 aliphatic heterocycles. The van der Waals surface area contributed by atoms with Gasteiger partial charge in [0.05, 0.1) is 12.1 Å². The van der Waals surface area contributed by atoms with E-state index in [1.807, 2.05) is 17.9 Å². The zero-order valence-corrected chi connectivity index (χ0v) is 12.1. The van der Waals surface area contributed by atoms with Crippen molar-refractivity contribution in [3.63, 3.8) is 0 Å². The molecule has 110 valence electrons. The Hall–Kier alpha value is -1.36. The lowest BCUT2D eigenvalue weighted by Gasteiger charge is -2.32. The number of nitrogens with zero attached hydrogens (tertiary/aromatic N) is 2. The van der Waals surface area contributed by atoms with Gasteiger partial charge < -0.3 is 14.7 Å². The first-order chi connectivity index (χ1) is 9.70. The molecule has 1 aliphatic carbocycles. The zero-order chi connectivity index (χ0) is 13.9. The fourth-order valence-electron chi connectivity index (χ4n) is 2.76.